The van der Waals surface area contributed by atoms with Crippen molar-refractivity contribution in [3.63, 3.8) is 0 Å². The standard InChI is InChI=1S/C13H22N2/c1-10(2)11-5-7-12(8-6-11)13(9-14)15(3)4/h5-8,10,13H,9,14H2,1-4H3/t13-/m1/s1. The molecule has 15 heavy (non-hydrogen) atoms. The summed E-state index contributed by atoms with van der Waals surface area (Å²) in [6.45, 7) is 5.08. The van der Waals surface area contributed by atoms with Gasteiger partial charge in [0.25, 0.3) is 0 Å². The van der Waals surface area contributed by atoms with Crippen LogP contribution < -0.4 is 5.73 Å². The predicted molar refractivity (Wildman–Crippen MR) is 66.0 cm³/mol. The Morgan fingerprint density at radius 3 is 1.87 bits per heavy atom. The van der Waals surface area contributed by atoms with Crippen LogP contribution in [0.15, 0.2) is 24.3 Å². The minimum absolute atomic E-state index is 0.325. The maximum absolute atomic E-state index is 5.76. The third kappa shape index (κ3) is 3.05. The number of hydrogen-bond acceptors (Lipinski definition) is 2. The summed E-state index contributed by atoms with van der Waals surface area (Å²) in [7, 11) is 4.13. The Morgan fingerprint density at radius 2 is 1.53 bits per heavy atom. The zero-order chi connectivity index (χ0) is 11.4. The third-order valence-corrected chi connectivity index (χ3v) is 2.83. The van der Waals surface area contributed by atoms with Gasteiger partial charge in [-0.05, 0) is 31.1 Å². The molecule has 0 unspecified atom stereocenters. The van der Waals surface area contributed by atoms with Gasteiger partial charge in [-0.15, -0.1) is 0 Å². The van der Waals surface area contributed by atoms with Crippen LogP contribution in [0.2, 0.25) is 0 Å². The van der Waals surface area contributed by atoms with Gasteiger partial charge in [-0.3, -0.25) is 0 Å². The number of likely N-dealkylation sites (N-methyl/N-ethyl adjacent to an activating group) is 1. The molecule has 0 amide bonds. The van der Waals surface area contributed by atoms with Gasteiger partial charge in [-0.2, -0.15) is 0 Å². The van der Waals surface area contributed by atoms with Crippen molar-refractivity contribution in [2.75, 3.05) is 20.6 Å². The van der Waals surface area contributed by atoms with Gasteiger partial charge in [0.05, 0.1) is 0 Å². The molecule has 2 N–H and O–H groups in total. The molecule has 0 radical (unpaired) electrons. The summed E-state index contributed by atoms with van der Waals surface area (Å²) < 4.78 is 0. The molecular formula is C13H22N2. The smallest absolute Gasteiger partial charge is 0.0464 e. The van der Waals surface area contributed by atoms with E-state index in [1.54, 1.807) is 0 Å². The van der Waals surface area contributed by atoms with Crippen molar-refractivity contribution in [2.45, 2.75) is 25.8 Å². The summed E-state index contributed by atoms with van der Waals surface area (Å²) in [6.07, 6.45) is 0. The van der Waals surface area contributed by atoms with Crippen LogP contribution in [-0.2, 0) is 0 Å². The Balaban J connectivity index is 2.87. The van der Waals surface area contributed by atoms with Gasteiger partial charge in [0, 0.05) is 12.6 Å². The highest BCUT2D eigenvalue weighted by Gasteiger charge is 2.11. The van der Waals surface area contributed by atoms with Gasteiger partial charge in [-0.25, -0.2) is 0 Å². The van der Waals surface area contributed by atoms with E-state index in [0.717, 1.165) is 0 Å². The molecule has 0 fully saturated rings. The molecule has 0 aliphatic carbocycles. The summed E-state index contributed by atoms with van der Waals surface area (Å²) in [5.74, 6) is 0.592. The first-order valence-corrected chi connectivity index (χ1v) is 5.52. The second kappa shape index (κ2) is 5.29. The van der Waals surface area contributed by atoms with Crippen LogP contribution in [0, 0.1) is 0 Å². The fourth-order valence-corrected chi connectivity index (χ4v) is 1.75. The first kappa shape index (κ1) is 12.2. The molecular weight excluding hydrogens is 184 g/mol. The molecule has 0 saturated carbocycles. The molecule has 0 spiro atoms. The normalized spacial score (nSPS) is 13.5. The van der Waals surface area contributed by atoms with E-state index >= 15 is 0 Å². The van der Waals surface area contributed by atoms with E-state index in [4.69, 9.17) is 5.73 Å². The molecule has 0 aliphatic rings. The SMILES string of the molecule is CC(C)c1ccc([C@@H](CN)N(C)C)cc1. The maximum Gasteiger partial charge on any atom is 0.0464 e. The van der Waals surface area contributed by atoms with Crippen molar-refractivity contribution in [1.82, 2.24) is 4.90 Å². The van der Waals surface area contributed by atoms with Gasteiger partial charge < -0.3 is 10.6 Å². The van der Waals surface area contributed by atoms with Crippen LogP contribution in [0.5, 0.6) is 0 Å². The van der Waals surface area contributed by atoms with E-state index in [2.05, 4.69) is 57.1 Å². The van der Waals surface area contributed by atoms with Crippen molar-refractivity contribution in [2.24, 2.45) is 5.73 Å². The molecule has 0 aromatic heterocycles. The highest BCUT2D eigenvalue weighted by atomic mass is 15.1. The molecule has 1 aromatic carbocycles. The zero-order valence-electron chi connectivity index (χ0n) is 10.2. The third-order valence-electron chi connectivity index (χ3n) is 2.83. The summed E-state index contributed by atoms with van der Waals surface area (Å²) in [4.78, 5) is 2.16. The molecule has 0 aliphatic heterocycles. The Labute approximate surface area is 93.1 Å². The number of benzene rings is 1. The van der Waals surface area contributed by atoms with E-state index < -0.39 is 0 Å². The Kier molecular flexibility index (Phi) is 4.30. The Bertz CT molecular complexity index is 288. The second-order valence-electron chi connectivity index (χ2n) is 4.54. The Morgan fingerprint density at radius 1 is 1.07 bits per heavy atom. The largest absolute Gasteiger partial charge is 0.329 e. The quantitative estimate of drug-likeness (QED) is 0.819. The lowest BCUT2D eigenvalue weighted by atomic mass is 9.99. The van der Waals surface area contributed by atoms with E-state index in [-0.39, 0.29) is 0 Å². The molecule has 2 nitrogen and oxygen atoms in total. The average Bonchev–Trinajstić information content (AvgIpc) is 2.19. The van der Waals surface area contributed by atoms with E-state index in [9.17, 15) is 0 Å². The first-order valence-electron chi connectivity index (χ1n) is 5.52. The molecule has 0 saturated heterocycles. The number of nitrogens with two attached hydrogens (primary N) is 1. The summed E-state index contributed by atoms with van der Waals surface area (Å²) in [5, 5.41) is 0. The van der Waals surface area contributed by atoms with Crippen LogP contribution in [0.25, 0.3) is 0 Å². The first-order chi connectivity index (χ1) is 7.06. The summed E-state index contributed by atoms with van der Waals surface area (Å²) in [6, 6.07) is 9.10. The molecule has 0 heterocycles. The summed E-state index contributed by atoms with van der Waals surface area (Å²) in [5.41, 5.74) is 8.44. The zero-order valence-corrected chi connectivity index (χ0v) is 10.2. The molecule has 1 rings (SSSR count). The lowest BCUT2D eigenvalue weighted by Gasteiger charge is -2.23. The average molecular weight is 206 g/mol. The van der Waals surface area contributed by atoms with Crippen LogP contribution in [0.4, 0.5) is 0 Å². The lowest BCUT2D eigenvalue weighted by molar-refractivity contribution is 0.306. The van der Waals surface area contributed by atoms with Gasteiger partial charge in [-0.1, -0.05) is 38.1 Å². The second-order valence-corrected chi connectivity index (χ2v) is 4.54. The van der Waals surface area contributed by atoms with Crippen LogP contribution in [0.1, 0.15) is 36.9 Å². The number of rotatable bonds is 4. The topological polar surface area (TPSA) is 29.3 Å². The van der Waals surface area contributed by atoms with E-state index in [1.165, 1.54) is 11.1 Å². The van der Waals surface area contributed by atoms with Crippen molar-refractivity contribution < 1.29 is 0 Å². The van der Waals surface area contributed by atoms with Gasteiger partial charge in [0.15, 0.2) is 0 Å². The minimum atomic E-state index is 0.325. The van der Waals surface area contributed by atoms with Crippen LogP contribution in [0.3, 0.4) is 0 Å². The fourth-order valence-electron chi connectivity index (χ4n) is 1.75. The Hall–Kier alpha value is -0.860. The maximum atomic E-state index is 5.76. The lowest BCUT2D eigenvalue weighted by Crippen LogP contribution is -2.27. The molecule has 1 aromatic rings. The minimum Gasteiger partial charge on any atom is -0.329 e. The number of hydrogen-bond donors (Lipinski definition) is 1. The van der Waals surface area contributed by atoms with Crippen LogP contribution >= 0.6 is 0 Å². The molecule has 1 atom stereocenters. The van der Waals surface area contributed by atoms with Crippen molar-refractivity contribution in [3.8, 4) is 0 Å². The summed E-state index contributed by atoms with van der Waals surface area (Å²) >= 11 is 0. The molecule has 2 heteroatoms. The van der Waals surface area contributed by atoms with Gasteiger partial charge >= 0.3 is 0 Å². The van der Waals surface area contributed by atoms with E-state index in [0.29, 0.717) is 18.5 Å². The van der Waals surface area contributed by atoms with Gasteiger partial charge in [0.2, 0.25) is 0 Å². The van der Waals surface area contributed by atoms with E-state index in [1.807, 2.05) is 0 Å². The number of nitrogens with zero attached hydrogens (tertiary/aromatic N) is 1. The van der Waals surface area contributed by atoms with Crippen LogP contribution in [-0.4, -0.2) is 25.5 Å². The highest BCUT2D eigenvalue weighted by Crippen LogP contribution is 2.20. The van der Waals surface area contributed by atoms with Gasteiger partial charge in [0.1, 0.15) is 0 Å². The molecule has 84 valence electrons. The highest BCUT2D eigenvalue weighted by molar-refractivity contribution is 5.27. The van der Waals surface area contributed by atoms with Crippen molar-refractivity contribution in [1.29, 1.82) is 0 Å². The van der Waals surface area contributed by atoms with Crippen molar-refractivity contribution in [3.05, 3.63) is 35.4 Å². The monoisotopic (exact) mass is 206 g/mol. The van der Waals surface area contributed by atoms with Crippen molar-refractivity contribution >= 4 is 0 Å². The predicted octanol–water partition coefficient (Wildman–Crippen LogP) is 2.37. The fraction of sp³-hybridized carbons (Fsp3) is 0.538. The molecule has 0 bridgehead atoms.